The molecule has 0 aromatic heterocycles. The Morgan fingerprint density at radius 2 is 1.95 bits per heavy atom. The third kappa shape index (κ3) is 4.27. The van der Waals surface area contributed by atoms with Gasteiger partial charge in [-0.25, -0.2) is 0 Å². The molecule has 0 saturated carbocycles. The highest BCUT2D eigenvalue weighted by Crippen LogP contribution is 2.27. The molecule has 1 aromatic rings. The molecule has 0 saturated heterocycles. The zero-order valence-electron chi connectivity index (χ0n) is 12.4. The van der Waals surface area contributed by atoms with Crippen LogP contribution < -0.4 is 10.1 Å². The molecule has 0 bridgehead atoms. The van der Waals surface area contributed by atoms with Crippen molar-refractivity contribution in [1.29, 1.82) is 0 Å². The summed E-state index contributed by atoms with van der Waals surface area (Å²) in [4.78, 5) is 33.9. The second-order valence-corrected chi connectivity index (χ2v) is 5.50. The van der Waals surface area contributed by atoms with Gasteiger partial charge in [0.1, 0.15) is 0 Å². The monoisotopic (exact) mass is 294 g/mol. The molecule has 0 unspecified atom stereocenters. The summed E-state index contributed by atoms with van der Waals surface area (Å²) in [6.45, 7) is 5.13. The van der Waals surface area contributed by atoms with Crippen LogP contribution in [-0.4, -0.2) is 30.3 Å². The van der Waals surface area contributed by atoms with E-state index >= 15 is 0 Å². The maximum absolute atomic E-state index is 11.9. The Kier molecular flexibility index (Phi) is 5.02. The average molecular weight is 294 g/mol. The molecule has 1 amide bonds. The number of Topliss-reactive ketones (excluding diaryl/α,β-unsaturated/α-hetero) is 1. The Morgan fingerprint density at radius 3 is 2.43 bits per heavy atom. The van der Waals surface area contributed by atoms with Crippen molar-refractivity contribution in [1.82, 2.24) is 5.32 Å². The van der Waals surface area contributed by atoms with Crippen LogP contribution in [-0.2, 0) is 4.79 Å². The minimum absolute atomic E-state index is 0.0716. The van der Waals surface area contributed by atoms with Gasteiger partial charge in [-0.2, -0.15) is 0 Å². The van der Waals surface area contributed by atoms with Crippen molar-refractivity contribution in [3.63, 3.8) is 0 Å². The van der Waals surface area contributed by atoms with Crippen molar-refractivity contribution < 1.29 is 19.2 Å². The van der Waals surface area contributed by atoms with Gasteiger partial charge >= 0.3 is 5.69 Å². The first-order valence-electron chi connectivity index (χ1n) is 6.30. The zero-order valence-corrected chi connectivity index (χ0v) is 12.4. The highest BCUT2D eigenvalue weighted by Gasteiger charge is 2.22. The molecular weight excluding hydrogens is 276 g/mol. The van der Waals surface area contributed by atoms with Crippen LogP contribution in [0.3, 0.4) is 0 Å². The Bertz CT molecular complexity index is 575. The molecule has 0 atom stereocenters. The Hall–Kier alpha value is -2.44. The average Bonchev–Trinajstić information content (AvgIpc) is 2.42. The van der Waals surface area contributed by atoms with Gasteiger partial charge in [0.05, 0.1) is 18.6 Å². The van der Waals surface area contributed by atoms with Crippen molar-refractivity contribution >= 4 is 17.4 Å². The van der Waals surface area contributed by atoms with E-state index in [0.717, 1.165) is 6.07 Å². The summed E-state index contributed by atoms with van der Waals surface area (Å²) < 4.78 is 4.86. The standard InChI is InChI=1S/C14H18N2O5/c1-14(2,3)12(17)8-15-13(18)9-5-6-11(21-4)10(7-9)16(19)20/h5-7H,8H2,1-4H3,(H,15,18). The molecule has 1 N–H and O–H groups in total. The summed E-state index contributed by atoms with van der Waals surface area (Å²) >= 11 is 0. The second-order valence-electron chi connectivity index (χ2n) is 5.50. The lowest BCUT2D eigenvalue weighted by Crippen LogP contribution is -2.35. The van der Waals surface area contributed by atoms with E-state index in [2.05, 4.69) is 5.32 Å². The SMILES string of the molecule is COc1ccc(C(=O)NCC(=O)C(C)(C)C)cc1[N+](=O)[O-]. The van der Waals surface area contributed by atoms with Crippen molar-refractivity contribution in [3.8, 4) is 5.75 Å². The van der Waals surface area contributed by atoms with Crippen LogP contribution in [0.25, 0.3) is 0 Å². The number of ketones is 1. The largest absolute Gasteiger partial charge is 0.490 e. The van der Waals surface area contributed by atoms with E-state index in [1.54, 1.807) is 20.8 Å². The molecule has 0 heterocycles. The predicted octanol–water partition coefficient (Wildman–Crippen LogP) is 1.95. The van der Waals surface area contributed by atoms with Gasteiger partial charge in [0.25, 0.3) is 5.91 Å². The molecule has 21 heavy (non-hydrogen) atoms. The lowest BCUT2D eigenvalue weighted by molar-refractivity contribution is -0.385. The zero-order chi connectivity index (χ0) is 16.2. The van der Waals surface area contributed by atoms with Crippen molar-refractivity contribution in [2.75, 3.05) is 13.7 Å². The number of hydrogen-bond donors (Lipinski definition) is 1. The van der Waals surface area contributed by atoms with Crippen LogP contribution in [0.1, 0.15) is 31.1 Å². The number of hydrogen-bond acceptors (Lipinski definition) is 5. The van der Waals surface area contributed by atoms with Gasteiger partial charge < -0.3 is 10.1 Å². The molecule has 7 heteroatoms. The van der Waals surface area contributed by atoms with Crippen LogP contribution in [0.4, 0.5) is 5.69 Å². The maximum Gasteiger partial charge on any atom is 0.311 e. The van der Waals surface area contributed by atoms with E-state index in [9.17, 15) is 19.7 Å². The van der Waals surface area contributed by atoms with E-state index in [-0.39, 0.29) is 29.3 Å². The molecule has 0 radical (unpaired) electrons. The predicted molar refractivity (Wildman–Crippen MR) is 76.4 cm³/mol. The summed E-state index contributed by atoms with van der Waals surface area (Å²) in [5, 5.41) is 13.3. The van der Waals surface area contributed by atoms with Crippen LogP contribution in [0.5, 0.6) is 5.75 Å². The Morgan fingerprint density at radius 1 is 1.33 bits per heavy atom. The Balaban J connectivity index is 2.87. The van der Waals surface area contributed by atoms with Gasteiger partial charge in [-0.15, -0.1) is 0 Å². The lowest BCUT2D eigenvalue weighted by atomic mass is 9.91. The molecule has 1 rings (SSSR count). The number of nitrogens with zero attached hydrogens (tertiary/aromatic N) is 1. The van der Waals surface area contributed by atoms with E-state index < -0.39 is 16.2 Å². The first-order valence-corrected chi connectivity index (χ1v) is 6.30. The second kappa shape index (κ2) is 6.34. The van der Waals surface area contributed by atoms with Gasteiger partial charge in [0.15, 0.2) is 11.5 Å². The number of nitro groups is 1. The lowest BCUT2D eigenvalue weighted by Gasteiger charge is -2.16. The van der Waals surface area contributed by atoms with E-state index in [1.807, 2.05) is 0 Å². The van der Waals surface area contributed by atoms with Crippen molar-refractivity contribution in [3.05, 3.63) is 33.9 Å². The van der Waals surface area contributed by atoms with Crippen LogP contribution in [0.2, 0.25) is 0 Å². The molecule has 0 aliphatic rings. The fourth-order valence-corrected chi connectivity index (χ4v) is 1.50. The first-order chi connectivity index (χ1) is 9.66. The normalized spacial score (nSPS) is 10.9. The van der Waals surface area contributed by atoms with Crippen LogP contribution >= 0.6 is 0 Å². The summed E-state index contributed by atoms with van der Waals surface area (Å²) in [7, 11) is 1.31. The molecule has 0 aliphatic heterocycles. The number of ether oxygens (including phenoxy) is 1. The number of amides is 1. The quantitative estimate of drug-likeness (QED) is 0.661. The van der Waals surface area contributed by atoms with E-state index in [4.69, 9.17) is 4.74 Å². The van der Waals surface area contributed by atoms with Crippen LogP contribution in [0, 0.1) is 15.5 Å². The molecule has 0 aliphatic carbocycles. The summed E-state index contributed by atoms with van der Waals surface area (Å²) in [6, 6.07) is 3.87. The maximum atomic E-state index is 11.9. The van der Waals surface area contributed by atoms with Crippen molar-refractivity contribution in [2.24, 2.45) is 5.41 Å². The van der Waals surface area contributed by atoms with E-state index in [1.165, 1.54) is 19.2 Å². The minimum atomic E-state index is -0.629. The van der Waals surface area contributed by atoms with E-state index in [0.29, 0.717) is 0 Å². The number of carbonyl (C=O) groups excluding carboxylic acids is 2. The summed E-state index contributed by atoms with van der Waals surface area (Å²) in [5.41, 5.74) is -0.754. The van der Waals surface area contributed by atoms with Gasteiger partial charge in [-0.1, -0.05) is 20.8 Å². The number of nitro benzene ring substituents is 1. The first kappa shape index (κ1) is 16.6. The topological polar surface area (TPSA) is 98.5 Å². The molecule has 0 spiro atoms. The fourth-order valence-electron chi connectivity index (χ4n) is 1.50. The summed E-state index contributed by atoms with van der Waals surface area (Å²) in [5.74, 6) is -0.598. The molecule has 7 nitrogen and oxygen atoms in total. The highest BCUT2D eigenvalue weighted by molar-refractivity contribution is 5.98. The molecule has 0 fully saturated rings. The fraction of sp³-hybridized carbons (Fsp3) is 0.429. The molecule has 1 aromatic carbocycles. The Labute approximate surface area is 122 Å². The number of benzene rings is 1. The van der Waals surface area contributed by atoms with Crippen LogP contribution in [0.15, 0.2) is 18.2 Å². The molecular formula is C14H18N2O5. The summed E-state index contributed by atoms with van der Waals surface area (Å²) in [6.07, 6.45) is 0. The highest BCUT2D eigenvalue weighted by atomic mass is 16.6. The van der Waals surface area contributed by atoms with Gasteiger partial charge in [0.2, 0.25) is 0 Å². The number of carbonyl (C=O) groups is 2. The number of nitrogens with one attached hydrogen (secondary N) is 1. The number of rotatable bonds is 5. The minimum Gasteiger partial charge on any atom is -0.490 e. The number of methoxy groups -OCH3 is 1. The molecule has 114 valence electrons. The van der Waals surface area contributed by atoms with Gasteiger partial charge in [-0.3, -0.25) is 19.7 Å². The van der Waals surface area contributed by atoms with Gasteiger partial charge in [-0.05, 0) is 12.1 Å². The van der Waals surface area contributed by atoms with Crippen molar-refractivity contribution in [2.45, 2.75) is 20.8 Å². The third-order valence-corrected chi connectivity index (χ3v) is 2.88. The third-order valence-electron chi connectivity index (χ3n) is 2.88. The van der Waals surface area contributed by atoms with Gasteiger partial charge in [0, 0.05) is 17.0 Å². The smallest absolute Gasteiger partial charge is 0.311 e.